The van der Waals surface area contributed by atoms with Gasteiger partial charge in [0.25, 0.3) is 5.89 Å². The largest absolute Gasteiger partial charge is 0.468 e. The highest BCUT2D eigenvalue weighted by molar-refractivity contribution is 5.76. The summed E-state index contributed by atoms with van der Waals surface area (Å²) in [6.07, 6.45) is 10.9. The first-order chi connectivity index (χ1) is 19.1. The maximum Gasteiger partial charge on any atom is 0.324 e. The number of carbonyl (C=O) groups is 1. The number of esters is 1. The molecule has 1 N–H and O–H groups in total. The van der Waals surface area contributed by atoms with Gasteiger partial charge in [-0.3, -0.25) is 4.79 Å². The average molecular weight is 527 g/mol. The van der Waals surface area contributed by atoms with Gasteiger partial charge in [0.15, 0.2) is 5.82 Å². The van der Waals surface area contributed by atoms with Gasteiger partial charge in [-0.2, -0.15) is 4.98 Å². The number of nitrogens with zero attached hydrogens (tertiary/aromatic N) is 7. The van der Waals surface area contributed by atoms with E-state index < -0.39 is 6.04 Å². The standard InChI is InChI=1S/C28H30N8O3/c1-3-23-31-13-19(14-32-23)18-5-7-20(8-6-18)28(9-4-10-28)27-34-25(39-35-27)21-15-33-24(16-30-21)36-12-11-29-22(17-36)26(37)38-2/h5-8,13-16,22,29H,3-4,9-12,17H2,1-2H3. The molecule has 0 amide bonds. The Bertz CT molecular complexity index is 1430. The van der Waals surface area contributed by atoms with Crippen LogP contribution in [0.1, 0.15) is 43.4 Å². The minimum Gasteiger partial charge on any atom is -0.468 e. The lowest BCUT2D eigenvalue weighted by Gasteiger charge is -2.39. The molecule has 11 heteroatoms. The summed E-state index contributed by atoms with van der Waals surface area (Å²) in [5.41, 5.74) is 3.46. The molecule has 2 aliphatic rings. The molecule has 0 spiro atoms. The van der Waals surface area contributed by atoms with Crippen LogP contribution in [0.3, 0.4) is 0 Å². The number of piperazine rings is 1. The Labute approximate surface area is 226 Å². The molecule has 1 aliphatic heterocycles. The molecule has 1 saturated carbocycles. The van der Waals surface area contributed by atoms with Gasteiger partial charge in [-0.15, -0.1) is 0 Å². The molecule has 39 heavy (non-hydrogen) atoms. The number of methoxy groups -OCH3 is 1. The number of nitrogens with one attached hydrogen (secondary N) is 1. The maximum absolute atomic E-state index is 11.9. The summed E-state index contributed by atoms with van der Waals surface area (Å²) in [4.78, 5) is 36.6. The van der Waals surface area contributed by atoms with Crippen molar-refractivity contribution in [3.63, 3.8) is 0 Å². The molecule has 1 unspecified atom stereocenters. The number of hydrogen-bond acceptors (Lipinski definition) is 11. The number of carbonyl (C=O) groups excluding carboxylic acids is 1. The highest BCUT2D eigenvalue weighted by atomic mass is 16.5. The van der Waals surface area contributed by atoms with Crippen LogP contribution in [-0.4, -0.2) is 68.8 Å². The highest BCUT2D eigenvalue weighted by Crippen LogP contribution is 2.48. The first kappa shape index (κ1) is 25.1. The molecule has 1 atom stereocenters. The van der Waals surface area contributed by atoms with Crippen LogP contribution in [0.2, 0.25) is 0 Å². The number of aryl methyl sites for hydroxylation is 1. The second kappa shape index (κ2) is 10.5. The first-order valence-electron chi connectivity index (χ1n) is 13.2. The summed E-state index contributed by atoms with van der Waals surface area (Å²) in [7, 11) is 1.39. The van der Waals surface area contributed by atoms with Crippen molar-refractivity contribution in [3.05, 3.63) is 66.3 Å². The maximum atomic E-state index is 11.9. The number of anilines is 1. The summed E-state index contributed by atoms with van der Waals surface area (Å²) < 4.78 is 10.5. The smallest absolute Gasteiger partial charge is 0.324 e. The lowest BCUT2D eigenvalue weighted by molar-refractivity contribution is -0.143. The predicted octanol–water partition coefficient (Wildman–Crippen LogP) is 2.97. The van der Waals surface area contributed by atoms with E-state index in [9.17, 15) is 4.79 Å². The van der Waals surface area contributed by atoms with Gasteiger partial charge in [0.05, 0.1) is 24.9 Å². The fourth-order valence-electron chi connectivity index (χ4n) is 5.21. The van der Waals surface area contributed by atoms with Gasteiger partial charge in [-0.1, -0.05) is 42.8 Å². The summed E-state index contributed by atoms with van der Waals surface area (Å²) in [6, 6.07) is 8.09. The molecule has 200 valence electrons. The fourth-order valence-corrected chi connectivity index (χ4v) is 5.21. The molecule has 1 aromatic carbocycles. The number of ether oxygens (including phenoxy) is 1. The van der Waals surface area contributed by atoms with Crippen molar-refractivity contribution in [1.82, 2.24) is 35.4 Å². The van der Waals surface area contributed by atoms with Crippen LogP contribution >= 0.6 is 0 Å². The Kier molecular flexibility index (Phi) is 6.74. The normalized spacial score (nSPS) is 18.4. The van der Waals surface area contributed by atoms with Gasteiger partial charge >= 0.3 is 5.97 Å². The minimum atomic E-state index is -0.397. The van der Waals surface area contributed by atoms with E-state index >= 15 is 0 Å². The molecule has 1 saturated heterocycles. The molecule has 0 bridgehead atoms. The van der Waals surface area contributed by atoms with Gasteiger partial charge in [-0.25, -0.2) is 19.9 Å². The topological polar surface area (TPSA) is 132 Å². The highest BCUT2D eigenvalue weighted by Gasteiger charge is 2.44. The van der Waals surface area contributed by atoms with E-state index in [2.05, 4.69) is 54.7 Å². The third-order valence-corrected chi connectivity index (χ3v) is 7.70. The number of benzene rings is 1. The van der Waals surface area contributed by atoms with Crippen molar-refractivity contribution in [3.8, 4) is 22.7 Å². The van der Waals surface area contributed by atoms with Crippen LogP contribution in [0.4, 0.5) is 5.82 Å². The van der Waals surface area contributed by atoms with Crippen LogP contribution in [-0.2, 0) is 21.4 Å². The zero-order valence-electron chi connectivity index (χ0n) is 22.0. The Morgan fingerprint density at radius 1 is 1.08 bits per heavy atom. The van der Waals surface area contributed by atoms with Crippen LogP contribution in [0.5, 0.6) is 0 Å². The Hall–Kier alpha value is -4.25. The van der Waals surface area contributed by atoms with Gasteiger partial charge in [-0.05, 0) is 24.0 Å². The molecule has 0 radical (unpaired) electrons. The van der Waals surface area contributed by atoms with Crippen LogP contribution in [0.25, 0.3) is 22.7 Å². The van der Waals surface area contributed by atoms with Crippen molar-refractivity contribution < 1.29 is 14.1 Å². The molecule has 3 aromatic heterocycles. The zero-order valence-corrected chi connectivity index (χ0v) is 22.0. The molecule has 6 rings (SSSR count). The second-order valence-electron chi connectivity index (χ2n) is 9.91. The fraction of sp³-hybridized carbons (Fsp3) is 0.393. The van der Waals surface area contributed by atoms with Gasteiger partial charge < -0.3 is 19.5 Å². The van der Waals surface area contributed by atoms with Gasteiger partial charge in [0.1, 0.15) is 23.4 Å². The third kappa shape index (κ3) is 4.74. The molecule has 4 aromatic rings. The summed E-state index contributed by atoms with van der Waals surface area (Å²) >= 11 is 0. The summed E-state index contributed by atoms with van der Waals surface area (Å²) in [5, 5.41) is 7.53. The van der Waals surface area contributed by atoms with Crippen molar-refractivity contribution in [2.75, 3.05) is 31.6 Å². The number of hydrogen-bond donors (Lipinski definition) is 1. The van der Waals surface area contributed by atoms with Gasteiger partial charge in [0.2, 0.25) is 0 Å². The molecule has 2 fully saturated rings. The van der Waals surface area contributed by atoms with Crippen LogP contribution in [0, 0.1) is 0 Å². The second-order valence-corrected chi connectivity index (χ2v) is 9.91. The monoisotopic (exact) mass is 526 g/mol. The number of aromatic nitrogens is 6. The van der Waals surface area contributed by atoms with E-state index in [1.54, 1.807) is 12.4 Å². The predicted molar refractivity (Wildman–Crippen MR) is 143 cm³/mol. The summed E-state index contributed by atoms with van der Waals surface area (Å²) in [5.74, 6) is 2.24. The van der Waals surface area contributed by atoms with E-state index in [0.717, 1.165) is 48.2 Å². The molecule has 11 nitrogen and oxygen atoms in total. The molecular weight excluding hydrogens is 496 g/mol. The zero-order chi connectivity index (χ0) is 26.8. The van der Waals surface area contributed by atoms with E-state index in [4.69, 9.17) is 14.2 Å². The molecule has 1 aliphatic carbocycles. The Morgan fingerprint density at radius 2 is 1.87 bits per heavy atom. The lowest BCUT2D eigenvalue weighted by Crippen LogP contribution is -2.54. The van der Waals surface area contributed by atoms with Crippen LogP contribution < -0.4 is 10.2 Å². The Balaban J connectivity index is 1.19. The van der Waals surface area contributed by atoms with E-state index in [1.807, 2.05) is 24.2 Å². The lowest BCUT2D eigenvalue weighted by atomic mass is 9.64. The van der Waals surface area contributed by atoms with E-state index in [1.165, 1.54) is 7.11 Å². The quantitative estimate of drug-likeness (QED) is 0.356. The van der Waals surface area contributed by atoms with Crippen LogP contribution in [0.15, 0.2) is 53.6 Å². The average Bonchev–Trinajstić information content (AvgIpc) is 3.47. The Morgan fingerprint density at radius 3 is 2.51 bits per heavy atom. The molecular formula is C28H30N8O3. The van der Waals surface area contributed by atoms with Crippen molar-refractivity contribution in [1.29, 1.82) is 0 Å². The van der Waals surface area contributed by atoms with E-state index in [0.29, 0.717) is 42.9 Å². The third-order valence-electron chi connectivity index (χ3n) is 7.70. The van der Waals surface area contributed by atoms with Crippen molar-refractivity contribution in [2.45, 2.75) is 44.1 Å². The SMILES string of the molecule is CCc1ncc(-c2ccc(C3(c4noc(-c5cnc(N6CCNC(C(=O)OC)C6)cn5)n4)CCC3)cc2)cn1. The van der Waals surface area contributed by atoms with Gasteiger partial charge in [0, 0.05) is 44.0 Å². The van der Waals surface area contributed by atoms with Crippen molar-refractivity contribution in [2.24, 2.45) is 0 Å². The van der Waals surface area contributed by atoms with Crippen molar-refractivity contribution >= 4 is 11.8 Å². The minimum absolute atomic E-state index is 0.278. The number of rotatable bonds is 7. The first-order valence-corrected chi connectivity index (χ1v) is 13.2. The molecule has 4 heterocycles. The summed E-state index contributed by atoms with van der Waals surface area (Å²) in [6.45, 7) is 3.87. The van der Waals surface area contributed by atoms with E-state index in [-0.39, 0.29) is 11.4 Å².